The zero-order valence-electron chi connectivity index (χ0n) is 55.9. The number of aromatic nitrogens is 8. The van der Waals surface area contributed by atoms with Crippen LogP contribution in [0.1, 0.15) is 116 Å². The highest BCUT2D eigenvalue weighted by Crippen LogP contribution is 2.42. The highest BCUT2D eigenvalue weighted by atomic mass is 35.5. The molecule has 6 aromatic carbocycles. The monoisotopic (exact) mass is 1340 g/mol. The van der Waals surface area contributed by atoms with Gasteiger partial charge in [-0.1, -0.05) is 192 Å². The van der Waals surface area contributed by atoms with Crippen LogP contribution in [0.15, 0.2) is 192 Å². The fourth-order valence-corrected chi connectivity index (χ4v) is 10.8. The van der Waals surface area contributed by atoms with E-state index in [-0.39, 0.29) is 71.4 Å². The number of primary sulfonamides is 1. The van der Waals surface area contributed by atoms with E-state index in [1.807, 2.05) is 42.5 Å². The summed E-state index contributed by atoms with van der Waals surface area (Å²) in [7, 11) is -4.59. The Balaban J connectivity index is 0.000000209. The fourth-order valence-electron chi connectivity index (χ4n) is 9.11. The molecule has 4 heterocycles. The summed E-state index contributed by atoms with van der Waals surface area (Å²) in [5, 5.41) is 11.8. The largest absolute Gasteiger partial charge is 0.493 e. The van der Waals surface area contributed by atoms with Crippen molar-refractivity contribution in [2.24, 2.45) is 5.14 Å². The van der Waals surface area contributed by atoms with Crippen molar-refractivity contribution >= 4 is 49.1 Å². The van der Waals surface area contributed by atoms with Gasteiger partial charge in [0.15, 0.2) is 57.3 Å². The van der Waals surface area contributed by atoms with E-state index in [1.165, 1.54) is 30.4 Å². The number of para-hydroxylation sites is 4. The van der Waals surface area contributed by atoms with Gasteiger partial charge in [0, 0.05) is 37.9 Å². The summed E-state index contributed by atoms with van der Waals surface area (Å²) in [5.41, 5.74) is 6.62. The minimum atomic E-state index is -4.13. The second-order valence-corrected chi connectivity index (χ2v) is 29.6. The van der Waals surface area contributed by atoms with Gasteiger partial charge in [0.25, 0.3) is 10.0 Å². The van der Waals surface area contributed by atoms with E-state index in [4.69, 9.17) is 40.7 Å². The molecule has 0 aliphatic heterocycles. The quantitative estimate of drug-likeness (QED) is 0.0581. The Morgan fingerprint density at radius 1 is 0.400 bits per heavy atom. The number of rotatable bonds is 18. The third-order valence-electron chi connectivity index (χ3n) is 14.7. The second kappa shape index (κ2) is 30.2. The van der Waals surface area contributed by atoms with E-state index in [9.17, 15) is 16.8 Å². The molecule has 95 heavy (non-hydrogen) atoms. The normalized spacial score (nSPS) is 11.8. The van der Waals surface area contributed by atoms with Crippen LogP contribution in [0.5, 0.6) is 34.5 Å². The molecule has 0 aliphatic carbocycles. The van der Waals surface area contributed by atoms with Gasteiger partial charge in [0.1, 0.15) is 0 Å². The lowest BCUT2D eigenvalue weighted by atomic mass is 9.87. The Labute approximate surface area is 562 Å². The van der Waals surface area contributed by atoms with Crippen molar-refractivity contribution in [3.8, 4) is 57.8 Å². The molecule has 4 aromatic heterocycles. The number of sulfonamides is 2. The maximum atomic E-state index is 13.8. The maximum absolute atomic E-state index is 13.8. The summed E-state index contributed by atoms with van der Waals surface area (Å²) in [6.07, 6.45) is 6.39. The molecule has 20 nitrogen and oxygen atoms in total. The van der Waals surface area contributed by atoms with Crippen LogP contribution in [-0.2, 0) is 54.8 Å². The van der Waals surface area contributed by atoms with Crippen LogP contribution < -0.4 is 39.4 Å². The first kappa shape index (κ1) is 71.2. The molecule has 0 radical (unpaired) electrons. The Hall–Kier alpha value is -9.61. The molecule has 0 spiro atoms. The molecule has 0 unspecified atom stereocenters. The summed E-state index contributed by atoms with van der Waals surface area (Å²) < 4.78 is 75.7. The van der Waals surface area contributed by atoms with Gasteiger partial charge in [-0.25, -0.2) is 61.8 Å². The Kier molecular flexibility index (Phi) is 22.7. The van der Waals surface area contributed by atoms with Gasteiger partial charge in [0.05, 0.1) is 24.0 Å². The van der Waals surface area contributed by atoms with Crippen molar-refractivity contribution < 1.29 is 35.8 Å². The van der Waals surface area contributed by atoms with Crippen molar-refractivity contribution in [2.45, 2.75) is 128 Å². The third kappa shape index (κ3) is 19.5. The van der Waals surface area contributed by atoms with Gasteiger partial charge in [0.2, 0.25) is 33.2 Å². The van der Waals surface area contributed by atoms with E-state index in [1.54, 1.807) is 98.6 Å². The number of methoxy groups -OCH3 is 2. The SMILES string of the molecule is CC(C)(C)c1ccc(S(N)(=O)=O)cc1.COc1ccccc1Oc1c(Cl)nc(-c2ncccn2)nc1NCc1ccc(C(C)(C)C)cc1.COc1ccccc1Oc1c(NCc2ccc(C(C)(C)C)cc2)nc(-c2ncccn2)nc1NS(=O)(=O)c1ccc(C(C)(C)C)cc1. The van der Waals surface area contributed by atoms with Crippen molar-refractivity contribution in [1.82, 2.24) is 39.9 Å². The minimum Gasteiger partial charge on any atom is -0.493 e. The van der Waals surface area contributed by atoms with Gasteiger partial charge >= 0.3 is 0 Å². The summed E-state index contributed by atoms with van der Waals surface area (Å²) in [6, 6.07) is 47.9. The molecular weight excluding hydrogens is 1260 g/mol. The molecule has 0 aliphatic rings. The molecule has 496 valence electrons. The molecule has 0 atom stereocenters. The lowest BCUT2D eigenvalue weighted by Gasteiger charge is -2.20. The predicted octanol–water partition coefficient (Wildman–Crippen LogP) is 15.7. The zero-order chi connectivity index (χ0) is 68.9. The van der Waals surface area contributed by atoms with E-state index in [2.05, 4.69) is 170 Å². The number of anilines is 3. The first-order chi connectivity index (χ1) is 44.8. The molecule has 0 saturated carbocycles. The summed E-state index contributed by atoms with van der Waals surface area (Å²) >= 11 is 6.57. The predicted molar refractivity (Wildman–Crippen MR) is 375 cm³/mol. The van der Waals surface area contributed by atoms with Gasteiger partial charge in [-0.15, -0.1) is 0 Å². The van der Waals surface area contributed by atoms with Crippen LogP contribution in [0.3, 0.4) is 0 Å². The lowest BCUT2D eigenvalue weighted by Crippen LogP contribution is -2.17. The number of nitrogens with two attached hydrogens (primary N) is 1. The summed E-state index contributed by atoms with van der Waals surface area (Å²) in [6.45, 7) is 26.3. The Morgan fingerprint density at radius 2 is 0.726 bits per heavy atom. The minimum absolute atomic E-state index is 0.0120. The highest BCUT2D eigenvalue weighted by molar-refractivity contribution is 7.92. The maximum Gasteiger partial charge on any atom is 0.263 e. The molecule has 0 fully saturated rings. The number of nitrogens with one attached hydrogen (secondary N) is 3. The van der Waals surface area contributed by atoms with Crippen molar-refractivity contribution in [2.75, 3.05) is 29.6 Å². The highest BCUT2D eigenvalue weighted by Gasteiger charge is 2.27. The van der Waals surface area contributed by atoms with Crippen molar-refractivity contribution in [1.29, 1.82) is 0 Å². The first-order valence-corrected chi connectivity index (χ1v) is 33.8. The number of hydrogen-bond donors (Lipinski definition) is 4. The zero-order valence-corrected chi connectivity index (χ0v) is 58.2. The molecule has 0 saturated heterocycles. The van der Waals surface area contributed by atoms with Crippen LogP contribution in [0.25, 0.3) is 23.3 Å². The molecular formula is C72H81ClN12O8S2. The van der Waals surface area contributed by atoms with Crippen LogP contribution in [-0.4, -0.2) is 70.9 Å². The van der Waals surface area contributed by atoms with E-state index < -0.39 is 20.0 Å². The second-order valence-electron chi connectivity index (χ2n) is 26.0. The number of halogens is 1. The Morgan fingerprint density at radius 3 is 1.09 bits per heavy atom. The van der Waals surface area contributed by atoms with E-state index in [0.717, 1.165) is 22.3 Å². The smallest absolute Gasteiger partial charge is 0.263 e. The van der Waals surface area contributed by atoms with E-state index >= 15 is 0 Å². The van der Waals surface area contributed by atoms with Crippen molar-refractivity contribution in [3.05, 3.63) is 221 Å². The molecule has 0 amide bonds. The topological polar surface area (TPSA) is 270 Å². The lowest BCUT2D eigenvalue weighted by molar-refractivity contribution is 0.378. The number of nitrogens with zero attached hydrogens (tertiary/aromatic N) is 8. The number of hydrogen-bond acceptors (Lipinski definition) is 18. The molecule has 10 aromatic rings. The van der Waals surface area contributed by atoms with Crippen LogP contribution in [0.4, 0.5) is 17.5 Å². The molecule has 23 heteroatoms. The Bertz CT molecular complexity index is 4440. The molecule has 5 N–H and O–H groups in total. The van der Waals surface area contributed by atoms with Gasteiger partial charge in [-0.3, -0.25) is 4.72 Å². The van der Waals surface area contributed by atoms with E-state index in [0.29, 0.717) is 53.6 Å². The van der Waals surface area contributed by atoms with Gasteiger partial charge in [-0.2, -0.15) is 0 Å². The summed E-state index contributed by atoms with van der Waals surface area (Å²) in [4.78, 5) is 35.6. The number of ether oxygens (including phenoxy) is 4. The summed E-state index contributed by atoms with van der Waals surface area (Å²) in [5.74, 6) is 3.72. The first-order valence-electron chi connectivity index (χ1n) is 30.4. The fraction of sp³-hybridized carbons (Fsp3) is 0.278. The third-order valence-corrected chi connectivity index (χ3v) is 17.2. The van der Waals surface area contributed by atoms with Gasteiger partial charge in [-0.05, 0) is 116 Å². The molecule has 0 bridgehead atoms. The number of benzene rings is 6. The average molecular weight is 1340 g/mol. The standard InChI is InChI=1S/C36H40N6O4S.C26H26ClN5O2.C10H15NO2S/c1-35(2,3)25-15-13-24(14-16-25)23-39-31-30(46-29-12-9-8-11-28(29)45-7)32(41-34(40-31)33-37-21-10-22-38-33)42-47(43,44)27-19-17-26(18-20-27)36(4,5)6;1-26(2,3)18-12-10-17(11-13-18)16-30-23-21(34-20-9-6-5-8-19(20)33-4)22(27)31-25(32-23)24-28-14-7-15-29-24;1-10(2,3)8-4-6-9(7-5-8)14(11,12)13/h8-22H,23H2,1-7H3,(H2,39,40,41,42);5-15H,16H2,1-4H3,(H,30,31,32);4-7H,1-3H3,(H2,11,12,13). The molecule has 10 rings (SSSR count). The van der Waals surface area contributed by atoms with Crippen LogP contribution >= 0.6 is 11.6 Å². The van der Waals surface area contributed by atoms with Crippen molar-refractivity contribution in [3.63, 3.8) is 0 Å². The van der Waals surface area contributed by atoms with Gasteiger partial charge < -0.3 is 29.6 Å². The average Bonchev–Trinajstić information content (AvgIpc) is 0.794. The van der Waals surface area contributed by atoms with Crippen LogP contribution in [0, 0.1) is 0 Å². The van der Waals surface area contributed by atoms with Crippen LogP contribution in [0.2, 0.25) is 5.15 Å².